The molecule has 0 aliphatic heterocycles. The van der Waals surface area contributed by atoms with Crippen LogP contribution in [0.3, 0.4) is 0 Å². The lowest BCUT2D eigenvalue weighted by atomic mass is 9.75. The van der Waals surface area contributed by atoms with Gasteiger partial charge in [-0.1, -0.05) is 5.57 Å². The zero-order chi connectivity index (χ0) is 12.4. The van der Waals surface area contributed by atoms with Crippen molar-refractivity contribution in [1.82, 2.24) is 0 Å². The first-order valence-corrected chi connectivity index (χ1v) is 6.16. The van der Waals surface area contributed by atoms with Crippen molar-refractivity contribution in [2.75, 3.05) is 6.61 Å². The van der Waals surface area contributed by atoms with Gasteiger partial charge in [0.05, 0.1) is 6.61 Å². The molecule has 3 nitrogen and oxygen atoms in total. The van der Waals surface area contributed by atoms with Crippen LogP contribution in [0.2, 0.25) is 0 Å². The van der Waals surface area contributed by atoms with Crippen LogP contribution in [0.5, 0.6) is 0 Å². The summed E-state index contributed by atoms with van der Waals surface area (Å²) in [5.41, 5.74) is 2.73. The van der Waals surface area contributed by atoms with Gasteiger partial charge in [-0.15, -0.1) is 12.6 Å². The molecule has 1 saturated carbocycles. The average molecular weight is 250 g/mol. The molecule has 0 radical (unpaired) electrons. The van der Waals surface area contributed by atoms with Crippen LogP contribution in [0.25, 0.3) is 0 Å². The van der Waals surface area contributed by atoms with Crippen molar-refractivity contribution in [1.29, 1.82) is 0 Å². The van der Waals surface area contributed by atoms with Crippen LogP contribution in [-0.4, -0.2) is 28.7 Å². The number of thiol groups is 1. The SMILES string of the molecule is CC1=C2C(=CC(S)=C2CO)C(=O)C(O)C12CC2. The number of hydrogen-bond acceptors (Lipinski definition) is 4. The Morgan fingerprint density at radius 2 is 2.18 bits per heavy atom. The van der Waals surface area contributed by atoms with Crippen LogP contribution < -0.4 is 0 Å². The summed E-state index contributed by atoms with van der Waals surface area (Å²) < 4.78 is 0. The molecule has 0 amide bonds. The first-order valence-electron chi connectivity index (χ1n) is 5.72. The smallest absolute Gasteiger partial charge is 0.192 e. The van der Waals surface area contributed by atoms with Gasteiger partial charge in [0.2, 0.25) is 0 Å². The third kappa shape index (κ3) is 1.23. The van der Waals surface area contributed by atoms with Crippen molar-refractivity contribution in [3.8, 4) is 0 Å². The lowest BCUT2D eigenvalue weighted by Gasteiger charge is -2.31. The Labute approximate surface area is 105 Å². The van der Waals surface area contributed by atoms with Gasteiger partial charge in [0, 0.05) is 15.9 Å². The highest BCUT2D eigenvalue weighted by Gasteiger charge is 2.58. The number of Topliss-reactive ketones (excluding diaryl/α,β-unsaturated/α-hetero) is 1. The summed E-state index contributed by atoms with van der Waals surface area (Å²) >= 11 is 4.29. The number of carbonyl (C=O) groups excluding carboxylic acids is 1. The standard InChI is InChI=1S/C13H14O3S/c1-6-10-7(4-9(17)8(10)5-14)11(15)12(16)13(6)2-3-13/h4,12,14,16-17H,2-3,5H2,1H3. The third-order valence-electron chi connectivity index (χ3n) is 4.27. The second-order valence-electron chi connectivity index (χ2n) is 5.00. The van der Waals surface area contributed by atoms with Gasteiger partial charge in [-0.2, -0.15) is 0 Å². The molecule has 0 aromatic rings. The molecule has 0 aromatic heterocycles. The number of aliphatic hydroxyl groups is 2. The summed E-state index contributed by atoms with van der Waals surface area (Å²) in [5, 5.41) is 19.5. The van der Waals surface area contributed by atoms with E-state index in [0.717, 1.165) is 24.0 Å². The summed E-state index contributed by atoms with van der Waals surface area (Å²) in [6.45, 7) is 1.83. The topological polar surface area (TPSA) is 57.5 Å². The lowest BCUT2D eigenvalue weighted by Crippen LogP contribution is -2.38. The monoisotopic (exact) mass is 250 g/mol. The molecule has 0 heterocycles. The maximum Gasteiger partial charge on any atom is 0.192 e. The first kappa shape index (κ1) is 11.3. The van der Waals surface area contributed by atoms with Gasteiger partial charge >= 0.3 is 0 Å². The molecule has 0 aromatic carbocycles. The predicted molar refractivity (Wildman–Crippen MR) is 66.6 cm³/mol. The fourth-order valence-corrected chi connectivity index (χ4v) is 3.32. The minimum absolute atomic E-state index is 0.120. The van der Waals surface area contributed by atoms with Crippen LogP contribution in [0.4, 0.5) is 0 Å². The molecular weight excluding hydrogens is 236 g/mol. The number of aliphatic hydroxyl groups excluding tert-OH is 2. The van der Waals surface area contributed by atoms with Crippen molar-refractivity contribution in [2.45, 2.75) is 25.9 Å². The summed E-state index contributed by atoms with van der Waals surface area (Å²) in [7, 11) is 0. The molecule has 3 rings (SSSR count). The van der Waals surface area contributed by atoms with E-state index in [-0.39, 0.29) is 17.8 Å². The lowest BCUT2D eigenvalue weighted by molar-refractivity contribution is -0.126. The van der Waals surface area contributed by atoms with E-state index in [4.69, 9.17) is 0 Å². The van der Waals surface area contributed by atoms with E-state index in [0.29, 0.717) is 16.1 Å². The molecule has 90 valence electrons. The van der Waals surface area contributed by atoms with Gasteiger partial charge in [0.25, 0.3) is 0 Å². The zero-order valence-corrected chi connectivity index (χ0v) is 10.4. The second kappa shape index (κ2) is 3.34. The fourth-order valence-electron chi connectivity index (χ4n) is 3.00. The first-order chi connectivity index (χ1) is 8.03. The maximum atomic E-state index is 12.1. The summed E-state index contributed by atoms with van der Waals surface area (Å²) in [6, 6.07) is 0. The van der Waals surface area contributed by atoms with Crippen LogP contribution in [0.15, 0.2) is 33.3 Å². The van der Waals surface area contributed by atoms with E-state index in [2.05, 4.69) is 12.6 Å². The minimum atomic E-state index is -0.920. The molecule has 3 aliphatic carbocycles. The molecule has 3 aliphatic rings. The van der Waals surface area contributed by atoms with Gasteiger partial charge in [0.15, 0.2) is 5.78 Å². The fraction of sp³-hybridized carbons (Fsp3) is 0.462. The Hall–Kier alpha value is -0.840. The van der Waals surface area contributed by atoms with Gasteiger partial charge in [-0.05, 0) is 37.0 Å². The van der Waals surface area contributed by atoms with Crippen LogP contribution >= 0.6 is 12.6 Å². The van der Waals surface area contributed by atoms with E-state index < -0.39 is 6.10 Å². The maximum absolute atomic E-state index is 12.1. The molecule has 1 fully saturated rings. The highest BCUT2D eigenvalue weighted by Crippen LogP contribution is 2.60. The third-order valence-corrected chi connectivity index (χ3v) is 4.67. The summed E-state index contributed by atoms with van der Waals surface area (Å²) in [4.78, 5) is 12.8. The quantitative estimate of drug-likeness (QED) is 0.612. The highest BCUT2D eigenvalue weighted by atomic mass is 32.1. The van der Waals surface area contributed by atoms with Crippen molar-refractivity contribution in [3.63, 3.8) is 0 Å². The summed E-state index contributed by atoms with van der Waals surface area (Å²) in [6.07, 6.45) is 2.44. The number of carbonyl (C=O) groups is 1. The van der Waals surface area contributed by atoms with Crippen molar-refractivity contribution >= 4 is 18.4 Å². The van der Waals surface area contributed by atoms with E-state index >= 15 is 0 Å². The van der Waals surface area contributed by atoms with Gasteiger partial charge < -0.3 is 10.2 Å². The molecule has 1 unspecified atom stereocenters. The Morgan fingerprint density at radius 1 is 1.53 bits per heavy atom. The molecule has 1 atom stereocenters. The van der Waals surface area contributed by atoms with E-state index in [1.807, 2.05) is 6.92 Å². The number of allylic oxidation sites excluding steroid dienone is 1. The number of fused-ring (bicyclic) bond motifs is 1. The van der Waals surface area contributed by atoms with Crippen LogP contribution in [-0.2, 0) is 4.79 Å². The van der Waals surface area contributed by atoms with E-state index in [1.165, 1.54) is 0 Å². The van der Waals surface area contributed by atoms with Crippen molar-refractivity contribution in [2.24, 2.45) is 5.41 Å². The predicted octanol–water partition coefficient (Wildman–Crippen LogP) is 1.14. The number of ketones is 1. The van der Waals surface area contributed by atoms with Crippen LogP contribution in [0.1, 0.15) is 19.8 Å². The molecule has 2 N–H and O–H groups in total. The van der Waals surface area contributed by atoms with Crippen molar-refractivity contribution < 1.29 is 15.0 Å². The highest BCUT2D eigenvalue weighted by molar-refractivity contribution is 7.84. The Bertz CT molecular complexity index is 521. The zero-order valence-electron chi connectivity index (χ0n) is 9.53. The second-order valence-corrected chi connectivity index (χ2v) is 5.48. The Morgan fingerprint density at radius 3 is 2.71 bits per heavy atom. The van der Waals surface area contributed by atoms with Crippen molar-refractivity contribution in [3.05, 3.63) is 33.3 Å². The van der Waals surface area contributed by atoms with Gasteiger partial charge in [-0.3, -0.25) is 4.79 Å². The molecule has 1 spiro atoms. The number of hydrogen-bond donors (Lipinski definition) is 3. The molecule has 4 heteroatoms. The Kier molecular flexibility index (Phi) is 2.21. The normalized spacial score (nSPS) is 30.0. The average Bonchev–Trinajstić information content (AvgIpc) is 3.04. The molecule has 0 saturated heterocycles. The van der Waals surface area contributed by atoms with E-state index in [1.54, 1.807) is 6.08 Å². The van der Waals surface area contributed by atoms with Gasteiger partial charge in [-0.25, -0.2) is 0 Å². The molecule has 0 bridgehead atoms. The van der Waals surface area contributed by atoms with Crippen LogP contribution in [0, 0.1) is 5.41 Å². The molecule has 17 heavy (non-hydrogen) atoms. The number of rotatable bonds is 1. The largest absolute Gasteiger partial charge is 0.392 e. The molecular formula is C13H14O3S. The van der Waals surface area contributed by atoms with E-state index in [9.17, 15) is 15.0 Å². The van der Waals surface area contributed by atoms with Gasteiger partial charge in [0.1, 0.15) is 6.10 Å². The minimum Gasteiger partial charge on any atom is -0.392 e. The Balaban J connectivity index is 2.24. The summed E-state index contributed by atoms with van der Waals surface area (Å²) in [5.74, 6) is -0.224.